The quantitative estimate of drug-likeness (QED) is 0.380. The second-order valence-corrected chi connectivity index (χ2v) is 7.26. The molecule has 0 aliphatic carbocycles. The van der Waals surface area contributed by atoms with E-state index >= 15 is 0 Å². The molecule has 0 saturated heterocycles. The Morgan fingerprint density at radius 2 is 1.94 bits per heavy atom. The van der Waals surface area contributed by atoms with Gasteiger partial charge in [-0.1, -0.05) is 24.3 Å². The van der Waals surface area contributed by atoms with Crippen molar-refractivity contribution in [3.8, 4) is 17.1 Å². The van der Waals surface area contributed by atoms with Crippen LogP contribution in [-0.4, -0.2) is 17.1 Å². The third kappa shape index (κ3) is 3.37. The largest absolute Gasteiger partial charge is 0.464 e. The molecule has 0 saturated carbocycles. The summed E-state index contributed by atoms with van der Waals surface area (Å²) < 4.78 is 38.1. The molecular formula is C25H17F2N2O3. The molecule has 1 amide bonds. The number of nitrogens with two attached hydrogens (primary N) is 1. The lowest BCUT2D eigenvalue weighted by Gasteiger charge is -2.13. The normalized spacial score (nSPS) is 11.5. The summed E-state index contributed by atoms with van der Waals surface area (Å²) in [6.45, 7) is -2.70. The summed E-state index contributed by atoms with van der Waals surface area (Å²) in [5.41, 5.74) is 8.86. The molecule has 5 nitrogen and oxygen atoms in total. The van der Waals surface area contributed by atoms with E-state index in [2.05, 4.69) is 6.07 Å². The molecular weight excluding hydrogens is 414 g/mol. The number of benzene rings is 3. The van der Waals surface area contributed by atoms with Crippen LogP contribution in [0.2, 0.25) is 0 Å². The number of furan rings is 1. The molecule has 0 atom stereocenters. The van der Waals surface area contributed by atoms with E-state index < -0.39 is 12.5 Å². The van der Waals surface area contributed by atoms with Crippen LogP contribution in [0.5, 0.6) is 5.75 Å². The predicted octanol–water partition coefficient (Wildman–Crippen LogP) is 5.60. The fraction of sp³-hybridized carbons (Fsp3) is 0.0800. The smallest absolute Gasteiger partial charge is 0.387 e. The SMILES string of the molecule is NC(=O)c1cccc2c1c1[c]cc(-c3ccco3)cc1n2Cc1ccccc1OC(F)F. The fourth-order valence-corrected chi connectivity index (χ4v) is 4.03. The van der Waals surface area contributed by atoms with Gasteiger partial charge in [0.05, 0.1) is 23.8 Å². The Bertz CT molecular complexity index is 1440. The van der Waals surface area contributed by atoms with Crippen LogP contribution in [0.4, 0.5) is 8.78 Å². The zero-order valence-electron chi connectivity index (χ0n) is 16.7. The zero-order valence-corrected chi connectivity index (χ0v) is 16.7. The van der Waals surface area contributed by atoms with Gasteiger partial charge in [0.1, 0.15) is 11.5 Å². The first-order valence-corrected chi connectivity index (χ1v) is 9.86. The number of ether oxygens (including phenoxy) is 1. The second-order valence-electron chi connectivity index (χ2n) is 7.26. The third-order valence-electron chi connectivity index (χ3n) is 5.38. The number of rotatable bonds is 6. The topological polar surface area (TPSA) is 70.4 Å². The van der Waals surface area contributed by atoms with Crippen LogP contribution in [0.15, 0.2) is 77.4 Å². The minimum absolute atomic E-state index is 0.0923. The summed E-state index contributed by atoms with van der Waals surface area (Å²) in [5, 5.41) is 1.37. The molecule has 2 N–H and O–H groups in total. The van der Waals surface area contributed by atoms with E-state index in [0.29, 0.717) is 27.7 Å². The van der Waals surface area contributed by atoms with Crippen molar-refractivity contribution < 1.29 is 22.7 Å². The highest BCUT2D eigenvalue weighted by Crippen LogP contribution is 2.35. The average molecular weight is 431 g/mol. The maximum Gasteiger partial charge on any atom is 0.387 e. The van der Waals surface area contributed by atoms with Gasteiger partial charge in [-0.2, -0.15) is 8.78 Å². The van der Waals surface area contributed by atoms with Crippen LogP contribution < -0.4 is 10.5 Å². The molecule has 0 unspecified atom stereocenters. The monoisotopic (exact) mass is 431 g/mol. The highest BCUT2D eigenvalue weighted by atomic mass is 19.3. The van der Waals surface area contributed by atoms with Gasteiger partial charge in [-0.3, -0.25) is 4.79 Å². The number of nitrogens with zero attached hydrogens (tertiary/aromatic N) is 1. The number of carbonyl (C=O) groups is 1. The van der Waals surface area contributed by atoms with Crippen LogP contribution in [0.25, 0.3) is 33.1 Å². The molecule has 0 aliphatic rings. The molecule has 1 radical (unpaired) electrons. The lowest BCUT2D eigenvalue weighted by Crippen LogP contribution is -2.11. The van der Waals surface area contributed by atoms with Gasteiger partial charge < -0.3 is 19.5 Å². The molecule has 5 aromatic rings. The number of carbonyl (C=O) groups excluding carboxylic acids is 1. The number of aromatic nitrogens is 1. The molecule has 159 valence electrons. The number of hydrogen-bond acceptors (Lipinski definition) is 3. The fourth-order valence-electron chi connectivity index (χ4n) is 4.03. The van der Waals surface area contributed by atoms with E-state index in [1.807, 2.05) is 22.8 Å². The molecule has 3 aromatic carbocycles. The number of halogens is 2. The molecule has 0 bridgehead atoms. The van der Waals surface area contributed by atoms with Crippen LogP contribution in [0, 0.1) is 6.07 Å². The highest BCUT2D eigenvalue weighted by Gasteiger charge is 2.19. The average Bonchev–Trinajstić information content (AvgIpc) is 3.41. The molecule has 0 fully saturated rings. The van der Waals surface area contributed by atoms with Crippen molar-refractivity contribution in [2.24, 2.45) is 5.73 Å². The Morgan fingerprint density at radius 1 is 1.09 bits per heavy atom. The van der Waals surface area contributed by atoms with Crippen molar-refractivity contribution in [1.29, 1.82) is 0 Å². The molecule has 0 spiro atoms. The van der Waals surface area contributed by atoms with E-state index in [4.69, 9.17) is 14.9 Å². The zero-order chi connectivity index (χ0) is 22.2. The van der Waals surface area contributed by atoms with E-state index in [-0.39, 0.29) is 12.3 Å². The molecule has 0 aliphatic heterocycles. The maximum atomic E-state index is 12.9. The molecule has 32 heavy (non-hydrogen) atoms. The number of fused-ring (bicyclic) bond motifs is 3. The van der Waals surface area contributed by atoms with Crippen molar-refractivity contribution in [2.45, 2.75) is 13.2 Å². The summed E-state index contributed by atoms with van der Waals surface area (Å²) in [5.74, 6) is 0.200. The summed E-state index contributed by atoms with van der Waals surface area (Å²) in [4.78, 5) is 12.1. The van der Waals surface area contributed by atoms with E-state index in [1.165, 1.54) is 6.07 Å². The Hall–Kier alpha value is -4.13. The van der Waals surface area contributed by atoms with Gasteiger partial charge in [0.2, 0.25) is 5.91 Å². The van der Waals surface area contributed by atoms with E-state index in [0.717, 1.165) is 16.6 Å². The van der Waals surface area contributed by atoms with Crippen LogP contribution in [0.1, 0.15) is 15.9 Å². The Morgan fingerprint density at radius 3 is 2.69 bits per heavy atom. The maximum absolute atomic E-state index is 12.9. The first-order valence-electron chi connectivity index (χ1n) is 9.86. The van der Waals surface area contributed by atoms with Crippen molar-refractivity contribution in [1.82, 2.24) is 4.57 Å². The highest BCUT2D eigenvalue weighted by molar-refractivity contribution is 6.18. The van der Waals surface area contributed by atoms with Crippen molar-refractivity contribution in [3.05, 3.63) is 90.2 Å². The summed E-state index contributed by atoms with van der Waals surface area (Å²) in [6.07, 6.45) is 1.58. The number of hydrogen-bond donors (Lipinski definition) is 1. The van der Waals surface area contributed by atoms with E-state index in [1.54, 1.807) is 48.7 Å². The van der Waals surface area contributed by atoms with Gasteiger partial charge in [-0.25, -0.2) is 0 Å². The molecule has 2 aromatic heterocycles. The summed E-state index contributed by atoms with van der Waals surface area (Å²) >= 11 is 0. The first kappa shape index (κ1) is 19.8. The Kier molecular flexibility index (Phi) is 4.86. The van der Waals surface area contributed by atoms with Crippen LogP contribution in [0.3, 0.4) is 0 Å². The number of para-hydroxylation sites is 1. The van der Waals surface area contributed by atoms with Crippen LogP contribution in [-0.2, 0) is 6.54 Å². The van der Waals surface area contributed by atoms with Crippen molar-refractivity contribution >= 4 is 27.7 Å². The van der Waals surface area contributed by atoms with Crippen molar-refractivity contribution in [3.63, 3.8) is 0 Å². The Balaban J connectivity index is 1.77. The Labute approximate surface area is 181 Å². The molecule has 2 heterocycles. The number of primary amides is 1. The minimum atomic E-state index is -2.94. The van der Waals surface area contributed by atoms with Gasteiger partial charge >= 0.3 is 6.61 Å². The predicted molar refractivity (Wildman–Crippen MR) is 117 cm³/mol. The number of amides is 1. The van der Waals surface area contributed by atoms with Gasteiger partial charge in [-0.05, 0) is 48.5 Å². The lowest BCUT2D eigenvalue weighted by molar-refractivity contribution is -0.0504. The second kappa shape index (κ2) is 7.85. The minimum Gasteiger partial charge on any atom is -0.464 e. The number of alkyl halides is 2. The third-order valence-corrected chi connectivity index (χ3v) is 5.38. The van der Waals surface area contributed by atoms with Gasteiger partial charge in [0, 0.05) is 27.5 Å². The standard InChI is InChI=1S/C25H17F2N2O3/c26-25(27)32-22-8-2-1-5-16(22)14-29-19-7-3-6-18(24(28)30)23(19)17-11-10-15(13-20(17)29)21-9-4-12-31-21/h1-10,12-13,25H,14H2,(H2,28,30). The van der Waals surface area contributed by atoms with E-state index in [9.17, 15) is 13.6 Å². The lowest BCUT2D eigenvalue weighted by atomic mass is 10.0. The van der Waals surface area contributed by atoms with Gasteiger partial charge in [-0.15, -0.1) is 0 Å². The first-order chi connectivity index (χ1) is 15.5. The summed E-state index contributed by atoms with van der Waals surface area (Å²) in [7, 11) is 0. The van der Waals surface area contributed by atoms with Crippen LogP contribution >= 0.6 is 0 Å². The van der Waals surface area contributed by atoms with Gasteiger partial charge in [0.25, 0.3) is 0 Å². The molecule has 7 heteroatoms. The summed E-state index contributed by atoms with van der Waals surface area (Å²) in [6, 6.07) is 22.5. The van der Waals surface area contributed by atoms with Gasteiger partial charge in [0.15, 0.2) is 0 Å². The molecule has 5 rings (SSSR count). The van der Waals surface area contributed by atoms with Crippen molar-refractivity contribution in [2.75, 3.05) is 0 Å².